The largest absolute Gasteiger partial charge is 0.394 e. The molecule has 1 aliphatic carbocycles. The summed E-state index contributed by atoms with van der Waals surface area (Å²) in [5.41, 5.74) is 2.96. The lowest BCUT2D eigenvalue weighted by Gasteiger charge is -2.33. The van der Waals surface area contributed by atoms with Gasteiger partial charge in [-0.15, -0.1) is 0 Å². The van der Waals surface area contributed by atoms with E-state index in [-0.39, 0.29) is 17.7 Å². The first kappa shape index (κ1) is 21.5. The molecule has 2 atom stereocenters. The molecule has 158 valence electrons. The van der Waals surface area contributed by atoms with Gasteiger partial charge < -0.3 is 15.5 Å². The maximum Gasteiger partial charge on any atom is 0.269 e. The molecule has 0 radical (unpaired) electrons. The van der Waals surface area contributed by atoms with Crippen LogP contribution in [0, 0.1) is 15.5 Å². The van der Waals surface area contributed by atoms with Crippen molar-refractivity contribution in [1.29, 1.82) is 0 Å². The highest BCUT2D eigenvalue weighted by Crippen LogP contribution is 2.34. The van der Waals surface area contributed by atoms with Crippen molar-refractivity contribution in [3.05, 3.63) is 51.7 Å². The van der Waals surface area contributed by atoms with Crippen LogP contribution in [-0.2, 0) is 0 Å². The maximum atomic E-state index is 10.8. The maximum absolute atomic E-state index is 10.8. The number of piperidine rings is 1. The Hall–Kier alpha value is -2.25. The Morgan fingerprint density at radius 1 is 1.17 bits per heavy atom. The van der Waals surface area contributed by atoms with Gasteiger partial charge in [-0.2, -0.15) is 0 Å². The van der Waals surface area contributed by atoms with Gasteiger partial charge in [0.05, 0.1) is 17.6 Å². The number of nitrogens with zero attached hydrogens (tertiary/aromatic N) is 2. The second-order valence-electron chi connectivity index (χ2n) is 8.95. The summed E-state index contributed by atoms with van der Waals surface area (Å²) in [6, 6.07) is 5.24. The molecule has 1 heterocycles. The third-order valence-electron chi connectivity index (χ3n) is 5.83. The summed E-state index contributed by atoms with van der Waals surface area (Å²) in [6.45, 7) is 6.42. The number of aliphatic hydroxyl groups excluding tert-OH is 2. The molecule has 1 fully saturated rings. The highest BCUT2D eigenvalue weighted by atomic mass is 16.6. The first-order valence-electron chi connectivity index (χ1n) is 10.4. The normalized spacial score (nSPS) is 21.3. The van der Waals surface area contributed by atoms with Crippen molar-refractivity contribution in [1.82, 2.24) is 5.32 Å². The van der Waals surface area contributed by atoms with E-state index in [0.717, 1.165) is 31.6 Å². The molecule has 1 aliphatic heterocycles. The standard InChI is InChI=1S/C22H31N3O4/c1-22(2)13-17(12-19(14-22)24-10-4-3-5-11-24)23-20(15-26)21(27)16-6-8-18(9-7-16)25(28)29/h6-9,12,20-21,26-27H,3-5,10-11,13-15H2,1-2H3/p+1. The first-order chi connectivity index (χ1) is 13.8. The number of rotatable bonds is 6. The molecule has 1 saturated heterocycles. The fraction of sp³-hybridized carbons (Fsp3) is 0.591. The van der Waals surface area contributed by atoms with Crippen molar-refractivity contribution in [2.75, 3.05) is 19.7 Å². The minimum Gasteiger partial charge on any atom is -0.394 e. The number of allylic oxidation sites excluding steroid dienone is 2. The molecule has 0 saturated carbocycles. The van der Waals surface area contributed by atoms with Gasteiger partial charge in [0, 0.05) is 43.2 Å². The van der Waals surface area contributed by atoms with Crippen LogP contribution in [0.4, 0.5) is 5.69 Å². The highest BCUT2D eigenvalue weighted by Gasteiger charge is 2.33. The van der Waals surface area contributed by atoms with Crippen LogP contribution < -0.4 is 5.32 Å². The molecule has 7 heteroatoms. The summed E-state index contributed by atoms with van der Waals surface area (Å²) in [5.74, 6) is 0. The van der Waals surface area contributed by atoms with Crippen molar-refractivity contribution >= 4 is 11.4 Å². The second kappa shape index (κ2) is 9.05. The molecule has 2 aliphatic rings. The van der Waals surface area contributed by atoms with E-state index < -0.39 is 17.1 Å². The lowest BCUT2D eigenvalue weighted by Crippen LogP contribution is -2.41. The lowest BCUT2D eigenvalue weighted by atomic mass is 9.78. The molecule has 0 amide bonds. The van der Waals surface area contributed by atoms with Crippen LogP contribution in [0.2, 0.25) is 0 Å². The van der Waals surface area contributed by atoms with E-state index in [1.165, 1.54) is 49.2 Å². The van der Waals surface area contributed by atoms with Gasteiger partial charge in [-0.3, -0.25) is 10.1 Å². The second-order valence-corrected chi connectivity index (χ2v) is 8.95. The molecule has 0 bridgehead atoms. The summed E-state index contributed by atoms with van der Waals surface area (Å²) in [6.07, 6.45) is 6.81. The zero-order valence-corrected chi connectivity index (χ0v) is 17.3. The van der Waals surface area contributed by atoms with Gasteiger partial charge in [0.15, 0.2) is 5.71 Å². The lowest BCUT2D eigenvalue weighted by molar-refractivity contribution is -0.538. The summed E-state index contributed by atoms with van der Waals surface area (Å²) < 4.78 is 2.47. The Morgan fingerprint density at radius 2 is 1.83 bits per heavy atom. The highest BCUT2D eigenvalue weighted by molar-refractivity contribution is 5.92. The van der Waals surface area contributed by atoms with E-state index in [0.29, 0.717) is 5.56 Å². The molecule has 3 rings (SSSR count). The number of hydrogen-bond acceptors (Lipinski definition) is 5. The van der Waals surface area contributed by atoms with Gasteiger partial charge in [0.2, 0.25) is 0 Å². The third-order valence-corrected chi connectivity index (χ3v) is 5.83. The number of hydrogen-bond donors (Lipinski definition) is 3. The number of non-ortho nitro benzene ring substituents is 1. The Morgan fingerprint density at radius 3 is 2.41 bits per heavy atom. The molecular weight excluding hydrogens is 370 g/mol. The molecule has 1 aromatic rings. The summed E-state index contributed by atoms with van der Waals surface area (Å²) >= 11 is 0. The van der Waals surface area contributed by atoms with Crippen LogP contribution in [0.1, 0.15) is 57.6 Å². The van der Waals surface area contributed by atoms with E-state index in [9.17, 15) is 20.3 Å². The van der Waals surface area contributed by atoms with Crippen LogP contribution in [-0.4, -0.2) is 51.2 Å². The van der Waals surface area contributed by atoms with Gasteiger partial charge in [-0.25, -0.2) is 4.58 Å². The quantitative estimate of drug-likeness (QED) is 0.386. The minimum atomic E-state index is -0.967. The van der Waals surface area contributed by atoms with Gasteiger partial charge in [0.25, 0.3) is 5.69 Å². The molecule has 2 unspecified atom stereocenters. The average molecular weight is 403 g/mol. The number of nitro benzene ring substituents is 1. The predicted octanol–water partition coefficient (Wildman–Crippen LogP) is 2.92. The number of nitrogens with one attached hydrogen (secondary N) is 1. The van der Waals surface area contributed by atoms with Crippen LogP contribution in [0.3, 0.4) is 0 Å². The van der Waals surface area contributed by atoms with Gasteiger partial charge in [0.1, 0.15) is 19.2 Å². The first-order valence-corrected chi connectivity index (χ1v) is 10.4. The molecule has 1 aromatic carbocycles. The van der Waals surface area contributed by atoms with Crippen LogP contribution in [0.15, 0.2) is 36.0 Å². The molecule has 7 nitrogen and oxygen atoms in total. The Labute approximate surface area is 171 Å². The predicted molar refractivity (Wildman–Crippen MR) is 112 cm³/mol. The van der Waals surface area contributed by atoms with Crippen molar-refractivity contribution in [3.63, 3.8) is 0 Å². The van der Waals surface area contributed by atoms with E-state index in [1.54, 1.807) is 0 Å². The van der Waals surface area contributed by atoms with Crippen molar-refractivity contribution < 1.29 is 19.7 Å². The Balaban J connectivity index is 1.79. The SMILES string of the molecule is CC1(C)CC(NC(CO)C(O)c2ccc([N+](=O)[O-])cc2)=CC(=[N+]2CCCCC2)C1. The van der Waals surface area contributed by atoms with Crippen molar-refractivity contribution in [3.8, 4) is 0 Å². The van der Waals surface area contributed by atoms with Gasteiger partial charge in [-0.1, -0.05) is 13.8 Å². The van der Waals surface area contributed by atoms with Gasteiger partial charge in [-0.05, 0) is 36.0 Å². The third kappa shape index (κ3) is 5.42. The fourth-order valence-electron chi connectivity index (χ4n) is 4.34. The smallest absolute Gasteiger partial charge is 0.269 e. The van der Waals surface area contributed by atoms with Crippen LogP contribution >= 0.6 is 0 Å². The summed E-state index contributed by atoms with van der Waals surface area (Å²) in [7, 11) is 0. The molecule has 3 N–H and O–H groups in total. The monoisotopic (exact) mass is 402 g/mol. The minimum absolute atomic E-state index is 0.0213. The Bertz CT molecular complexity index is 791. The molecule has 0 aromatic heterocycles. The average Bonchev–Trinajstić information content (AvgIpc) is 2.71. The van der Waals surface area contributed by atoms with Gasteiger partial charge >= 0.3 is 0 Å². The van der Waals surface area contributed by atoms with Crippen molar-refractivity contribution in [2.45, 2.75) is 58.1 Å². The summed E-state index contributed by atoms with van der Waals surface area (Å²) in [4.78, 5) is 10.4. The number of benzene rings is 1. The molecule has 0 spiro atoms. The van der Waals surface area contributed by atoms with E-state index in [1.807, 2.05) is 0 Å². The zero-order valence-electron chi connectivity index (χ0n) is 17.3. The van der Waals surface area contributed by atoms with E-state index >= 15 is 0 Å². The Kier molecular flexibility index (Phi) is 6.70. The van der Waals surface area contributed by atoms with Crippen LogP contribution in [0.5, 0.6) is 0 Å². The van der Waals surface area contributed by atoms with Crippen molar-refractivity contribution in [2.24, 2.45) is 5.41 Å². The molecular formula is C22H32N3O4+. The summed E-state index contributed by atoms with van der Waals surface area (Å²) in [5, 5.41) is 34.8. The zero-order chi connectivity index (χ0) is 21.0. The fourth-order valence-corrected chi connectivity index (χ4v) is 4.34. The number of nitro groups is 1. The van der Waals surface area contributed by atoms with E-state index in [2.05, 4.69) is 29.8 Å². The van der Waals surface area contributed by atoms with E-state index in [4.69, 9.17) is 0 Å². The number of aliphatic hydroxyl groups is 2. The molecule has 29 heavy (non-hydrogen) atoms. The topological polar surface area (TPSA) is 98.6 Å². The van der Waals surface area contributed by atoms with Crippen LogP contribution in [0.25, 0.3) is 0 Å².